The lowest BCUT2D eigenvalue weighted by Gasteiger charge is -2.29. The third-order valence-electron chi connectivity index (χ3n) is 5.48. The van der Waals surface area contributed by atoms with E-state index in [1.165, 1.54) is 5.69 Å². The van der Waals surface area contributed by atoms with E-state index in [0.29, 0.717) is 5.76 Å². The van der Waals surface area contributed by atoms with Gasteiger partial charge in [0.2, 0.25) is 0 Å². The second-order valence-electron chi connectivity index (χ2n) is 7.39. The van der Waals surface area contributed by atoms with Gasteiger partial charge in [-0.15, -0.1) is 0 Å². The van der Waals surface area contributed by atoms with Crippen LogP contribution in [0.15, 0.2) is 46.9 Å². The van der Waals surface area contributed by atoms with Crippen LogP contribution in [0.1, 0.15) is 40.2 Å². The van der Waals surface area contributed by atoms with Gasteiger partial charge in [-0.25, -0.2) is 0 Å². The minimum Gasteiger partial charge on any atom is -0.450 e. The predicted octanol–water partition coefficient (Wildman–Crippen LogP) is 4.38. The highest BCUT2D eigenvalue weighted by Crippen LogP contribution is 2.28. The molecule has 2 heterocycles. The van der Waals surface area contributed by atoms with Gasteiger partial charge in [-0.05, 0) is 44.0 Å². The molecule has 5 heteroatoms. The van der Waals surface area contributed by atoms with Crippen molar-refractivity contribution in [3.63, 3.8) is 0 Å². The number of aryl methyl sites for hydroxylation is 2. The van der Waals surface area contributed by atoms with Crippen molar-refractivity contribution in [3.05, 3.63) is 64.9 Å². The molecule has 0 spiro atoms. The van der Waals surface area contributed by atoms with Crippen LogP contribution in [0.25, 0.3) is 11.0 Å². The zero-order valence-electron chi connectivity index (χ0n) is 16.6. The Bertz CT molecular complexity index is 985. The summed E-state index contributed by atoms with van der Waals surface area (Å²) in [5.74, 6) is 0.207. The molecule has 3 aromatic rings. The molecule has 1 N–H and O–H groups in total. The Labute approximate surface area is 165 Å². The molecular weight excluding hydrogens is 352 g/mol. The molecule has 1 saturated heterocycles. The summed E-state index contributed by atoms with van der Waals surface area (Å²) in [5.41, 5.74) is 4.95. The number of nitrogens with one attached hydrogen (secondary N) is 1. The monoisotopic (exact) mass is 378 g/mol. The van der Waals surface area contributed by atoms with Crippen LogP contribution in [-0.2, 0) is 4.74 Å². The number of morpholine rings is 1. The van der Waals surface area contributed by atoms with E-state index in [9.17, 15) is 4.79 Å². The standard InChI is InChI=1S/C23H26N2O3/c1-15-5-4-6-20-16(2)22(28-21(15)20)23(26)24-17(3)18-7-9-19(10-8-18)25-11-13-27-14-12-25/h4-10,17H,11-14H2,1-3H3,(H,24,26). The smallest absolute Gasteiger partial charge is 0.287 e. The zero-order valence-corrected chi connectivity index (χ0v) is 16.6. The number of carbonyl (C=O) groups excluding carboxylic acids is 1. The van der Waals surface area contributed by atoms with E-state index in [1.807, 2.05) is 39.0 Å². The van der Waals surface area contributed by atoms with Gasteiger partial charge in [-0.3, -0.25) is 4.79 Å². The SMILES string of the molecule is Cc1c(C(=O)NC(C)c2ccc(N3CCOCC3)cc2)oc2c(C)cccc12. The van der Waals surface area contributed by atoms with Crippen LogP contribution in [0.3, 0.4) is 0 Å². The fraction of sp³-hybridized carbons (Fsp3) is 0.348. The third kappa shape index (κ3) is 3.50. The number of amides is 1. The molecular formula is C23H26N2O3. The number of hydrogen-bond donors (Lipinski definition) is 1. The van der Waals surface area contributed by atoms with Gasteiger partial charge in [-0.1, -0.05) is 30.3 Å². The van der Waals surface area contributed by atoms with Crippen molar-refractivity contribution < 1.29 is 13.9 Å². The average Bonchev–Trinajstić information content (AvgIpc) is 3.07. The van der Waals surface area contributed by atoms with Crippen LogP contribution in [0.4, 0.5) is 5.69 Å². The number of carbonyl (C=O) groups is 1. The predicted molar refractivity (Wildman–Crippen MR) is 111 cm³/mol. The molecule has 1 fully saturated rings. The molecule has 5 nitrogen and oxygen atoms in total. The summed E-state index contributed by atoms with van der Waals surface area (Å²) in [6.45, 7) is 9.28. The molecule has 146 valence electrons. The van der Waals surface area contributed by atoms with Gasteiger partial charge in [0, 0.05) is 29.7 Å². The van der Waals surface area contributed by atoms with E-state index in [1.54, 1.807) is 0 Å². The molecule has 4 rings (SSSR count). The van der Waals surface area contributed by atoms with Gasteiger partial charge in [0.25, 0.3) is 5.91 Å². The maximum absolute atomic E-state index is 12.8. The zero-order chi connectivity index (χ0) is 19.7. The number of anilines is 1. The molecule has 1 aliphatic rings. The van der Waals surface area contributed by atoms with Crippen molar-refractivity contribution in [1.82, 2.24) is 5.32 Å². The van der Waals surface area contributed by atoms with Gasteiger partial charge in [-0.2, -0.15) is 0 Å². The molecule has 0 bridgehead atoms. The second kappa shape index (κ2) is 7.68. The summed E-state index contributed by atoms with van der Waals surface area (Å²) < 4.78 is 11.3. The molecule has 1 atom stereocenters. The molecule has 0 saturated carbocycles. The van der Waals surface area contributed by atoms with Crippen molar-refractivity contribution in [3.8, 4) is 0 Å². The van der Waals surface area contributed by atoms with Gasteiger partial charge in [0.15, 0.2) is 5.76 Å². The van der Waals surface area contributed by atoms with Crippen molar-refractivity contribution in [2.45, 2.75) is 26.8 Å². The fourth-order valence-corrected chi connectivity index (χ4v) is 3.74. The molecule has 0 radical (unpaired) electrons. The first-order valence-corrected chi connectivity index (χ1v) is 9.77. The lowest BCUT2D eigenvalue weighted by Crippen LogP contribution is -2.36. The number of hydrogen-bond acceptors (Lipinski definition) is 4. The summed E-state index contributed by atoms with van der Waals surface area (Å²) >= 11 is 0. The van der Waals surface area contributed by atoms with E-state index < -0.39 is 0 Å². The topological polar surface area (TPSA) is 54.7 Å². The number of nitrogens with zero attached hydrogens (tertiary/aromatic N) is 1. The number of para-hydroxylation sites is 1. The number of fused-ring (bicyclic) bond motifs is 1. The lowest BCUT2D eigenvalue weighted by atomic mass is 10.1. The van der Waals surface area contributed by atoms with Crippen LogP contribution in [0, 0.1) is 13.8 Å². The van der Waals surface area contributed by atoms with E-state index in [2.05, 4.69) is 34.5 Å². The van der Waals surface area contributed by atoms with Crippen molar-refractivity contribution in [2.75, 3.05) is 31.2 Å². The number of ether oxygens (including phenoxy) is 1. The first-order valence-electron chi connectivity index (χ1n) is 9.77. The van der Waals surface area contributed by atoms with Crippen LogP contribution in [-0.4, -0.2) is 32.2 Å². The van der Waals surface area contributed by atoms with E-state index in [4.69, 9.17) is 9.15 Å². The maximum Gasteiger partial charge on any atom is 0.287 e. The van der Waals surface area contributed by atoms with Crippen LogP contribution < -0.4 is 10.2 Å². The summed E-state index contributed by atoms with van der Waals surface area (Å²) in [6, 6.07) is 14.2. The first kappa shape index (κ1) is 18.6. The summed E-state index contributed by atoms with van der Waals surface area (Å²) in [7, 11) is 0. The highest BCUT2D eigenvalue weighted by molar-refractivity contribution is 5.99. The molecule has 1 unspecified atom stereocenters. The molecule has 2 aromatic carbocycles. The Morgan fingerprint density at radius 3 is 2.46 bits per heavy atom. The molecule has 1 aliphatic heterocycles. The van der Waals surface area contributed by atoms with Crippen LogP contribution in [0.2, 0.25) is 0 Å². The molecule has 1 aromatic heterocycles. The highest BCUT2D eigenvalue weighted by Gasteiger charge is 2.20. The Balaban J connectivity index is 1.49. The van der Waals surface area contributed by atoms with E-state index >= 15 is 0 Å². The van der Waals surface area contributed by atoms with Crippen molar-refractivity contribution in [2.24, 2.45) is 0 Å². The fourth-order valence-electron chi connectivity index (χ4n) is 3.74. The highest BCUT2D eigenvalue weighted by atomic mass is 16.5. The Hall–Kier alpha value is -2.79. The van der Waals surface area contributed by atoms with Gasteiger partial charge in [0.1, 0.15) is 5.58 Å². The lowest BCUT2D eigenvalue weighted by molar-refractivity contribution is 0.0913. The molecule has 28 heavy (non-hydrogen) atoms. The van der Waals surface area contributed by atoms with E-state index in [0.717, 1.165) is 54.0 Å². The summed E-state index contributed by atoms with van der Waals surface area (Å²) in [5, 5.41) is 4.06. The van der Waals surface area contributed by atoms with Crippen LogP contribution >= 0.6 is 0 Å². The Kier molecular flexibility index (Phi) is 5.09. The quantitative estimate of drug-likeness (QED) is 0.732. The number of rotatable bonds is 4. The first-order chi connectivity index (χ1) is 13.5. The Morgan fingerprint density at radius 2 is 1.79 bits per heavy atom. The summed E-state index contributed by atoms with van der Waals surface area (Å²) in [4.78, 5) is 15.1. The van der Waals surface area contributed by atoms with Gasteiger partial charge in [0.05, 0.1) is 19.3 Å². The van der Waals surface area contributed by atoms with Crippen molar-refractivity contribution in [1.29, 1.82) is 0 Å². The van der Waals surface area contributed by atoms with Gasteiger partial charge >= 0.3 is 0 Å². The third-order valence-corrected chi connectivity index (χ3v) is 5.48. The minimum absolute atomic E-state index is 0.111. The largest absolute Gasteiger partial charge is 0.450 e. The van der Waals surface area contributed by atoms with Crippen LogP contribution in [0.5, 0.6) is 0 Å². The Morgan fingerprint density at radius 1 is 1.07 bits per heavy atom. The van der Waals surface area contributed by atoms with E-state index in [-0.39, 0.29) is 11.9 Å². The number of furan rings is 1. The molecule has 0 aliphatic carbocycles. The normalized spacial score (nSPS) is 15.6. The number of benzene rings is 2. The molecule has 1 amide bonds. The minimum atomic E-state index is -0.183. The average molecular weight is 378 g/mol. The van der Waals surface area contributed by atoms with Gasteiger partial charge < -0.3 is 19.4 Å². The van der Waals surface area contributed by atoms with Crippen molar-refractivity contribution >= 4 is 22.6 Å². The second-order valence-corrected chi connectivity index (χ2v) is 7.39. The summed E-state index contributed by atoms with van der Waals surface area (Å²) in [6.07, 6.45) is 0. The maximum atomic E-state index is 12.8.